The van der Waals surface area contributed by atoms with Crippen LogP contribution in [0.25, 0.3) is 0 Å². The number of rotatable bonds is 8. The van der Waals surface area contributed by atoms with Crippen LogP contribution in [0.2, 0.25) is 10.1 Å². The Kier molecular flexibility index (Phi) is 8.45. The molecule has 0 saturated heterocycles. The van der Waals surface area contributed by atoms with E-state index in [0.717, 1.165) is 4.74 Å². The molecule has 4 aromatic carbocycles. The van der Waals surface area contributed by atoms with Gasteiger partial charge >= 0.3 is 0 Å². The quantitative estimate of drug-likeness (QED) is 0.155. The number of hydrogen-bond donors (Lipinski definition) is 0. The summed E-state index contributed by atoms with van der Waals surface area (Å²) in [5, 5.41) is 17.5. The van der Waals surface area contributed by atoms with Crippen molar-refractivity contribution in [3.8, 4) is 0 Å². The first kappa shape index (κ1) is 30.2. The SMILES string of the molecule is CC(C)(C)[Si](O[C@H]1C=[N+]([O-])C[C@@H]1O[Si](c1ccccc1)(c1ccccc1)C(C)(C)C)(c1ccccc1)c1ccccc1. The summed E-state index contributed by atoms with van der Waals surface area (Å²) in [6.45, 7) is 13.8. The first-order valence-corrected chi connectivity index (χ1v) is 18.7. The zero-order chi connectivity index (χ0) is 30.0. The van der Waals surface area contributed by atoms with Crippen LogP contribution in [0.4, 0.5) is 0 Å². The minimum absolute atomic E-state index is 0.214. The van der Waals surface area contributed by atoms with Crippen LogP contribution < -0.4 is 20.7 Å². The Balaban J connectivity index is 1.66. The van der Waals surface area contributed by atoms with Gasteiger partial charge in [0, 0.05) is 0 Å². The lowest BCUT2D eigenvalue weighted by atomic mass is 10.2. The zero-order valence-electron chi connectivity index (χ0n) is 25.7. The highest BCUT2D eigenvalue weighted by Crippen LogP contribution is 2.41. The summed E-state index contributed by atoms with van der Waals surface area (Å²) >= 11 is 0. The van der Waals surface area contributed by atoms with Crippen molar-refractivity contribution in [1.29, 1.82) is 0 Å². The molecule has 5 rings (SSSR count). The predicted octanol–water partition coefficient (Wildman–Crippen LogP) is 5.47. The van der Waals surface area contributed by atoms with Gasteiger partial charge in [0.05, 0.1) is 0 Å². The van der Waals surface area contributed by atoms with Gasteiger partial charge in [0.15, 0.2) is 18.9 Å². The summed E-state index contributed by atoms with van der Waals surface area (Å²) < 4.78 is 16.0. The highest BCUT2D eigenvalue weighted by Gasteiger charge is 2.57. The topological polar surface area (TPSA) is 44.5 Å². The van der Waals surface area contributed by atoms with Crippen LogP contribution in [0.1, 0.15) is 41.5 Å². The van der Waals surface area contributed by atoms with Crippen molar-refractivity contribution in [2.24, 2.45) is 0 Å². The van der Waals surface area contributed by atoms with E-state index in [9.17, 15) is 5.21 Å². The average Bonchev–Trinajstić information content (AvgIpc) is 3.33. The van der Waals surface area contributed by atoms with Crippen molar-refractivity contribution < 1.29 is 13.6 Å². The molecule has 0 bridgehead atoms. The Morgan fingerprint density at radius 2 is 0.857 bits per heavy atom. The lowest BCUT2D eigenvalue weighted by Gasteiger charge is -2.47. The summed E-state index contributed by atoms with van der Waals surface area (Å²) in [6.07, 6.45) is 0.771. The maximum absolute atomic E-state index is 13.2. The highest BCUT2D eigenvalue weighted by atomic mass is 28.4. The molecule has 0 fully saturated rings. The van der Waals surface area contributed by atoms with E-state index in [1.807, 2.05) is 24.3 Å². The first-order chi connectivity index (χ1) is 20.0. The molecule has 42 heavy (non-hydrogen) atoms. The molecule has 1 aliphatic rings. The molecule has 6 heteroatoms. The predicted molar refractivity (Wildman–Crippen MR) is 180 cm³/mol. The fraction of sp³-hybridized carbons (Fsp3) is 0.306. The van der Waals surface area contributed by atoms with Gasteiger partial charge in [-0.2, -0.15) is 0 Å². The Morgan fingerprint density at radius 1 is 0.548 bits per heavy atom. The van der Waals surface area contributed by atoms with E-state index in [1.54, 1.807) is 6.21 Å². The third kappa shape index (κ3) is 5.44. The van der Waals surface area contributed by atoms with E-state index >= 15 is 0 Å². The number of benzene rings is 4. The van der Waals surface area contributed by atoms with Gasteiger partial charge in [0.1, 0.15) is 6.10 Å². The second kappa shape index (κ2) is 11.8. The molecule has 0 aromatic heterocycles. The van der Waals surface area contributed by atoms with Gasteiger partial charge in [-0.25, -0.2) is 4.74 Å². The Bertz CT molecular complexity index is 1400. The minimum Gasteiger partial charge on any atom is -0.624 e. The summed E-state index contributed by atoms with van der Waals surface area (Å²) in [4.78, 5) is 0. The van der Waals surface area contributed by atoms with Crippen molar-refractivity contribution in [2.75, 3.05) is 6.54 Å². The average molecular weight is 594 g/mol. The van der Waals surface area contributed by atoms with Gasteiger partial charge in [-0.1, -0.05) is 163 Å². The normalized spacial score (nSPS) is 18.1. The molecule has 0 aliphatic carbocycles. The van der Waals surface area contributed by atoms with Crippen LogP contribution in [0.5, 0.6) is 0 Å². The molecule has 0 spiro atoms. The Morgan fingerprint density at radius 3 is 1.17 bits per heavy atom. The minimum atomic E-state index is -2.93. The largest absolute Gasteiger partial charge is 0.624 e. The van der Waals surface area contributed by atoms with Gasteiger partial charge in [0.2, 0.25) is 0 Å². The van der Waals surface area contributed by atoms with Crippen molar-refractivity contribution in [3.05, 3.63) is 127 Å². The standard InChI is InChI=1S/C36H43NO3Si2/c1-35(2,3)41(29-19-11-7-12-20-29,30-21-13-8-14-22-30)39-33-27-37(38)28-34(33)40-42(36(4,5)6,31-23-15-9-16-24-31)32-25-17-10-18-26-32/h7-27,33-34H,28H2,1-6H3/t33-,34-/m0/s1. The van der Waals surface area contributed by atoms with E-state index in [0.29, 0.717) is 0 Å². The second-order valence-electron chi connectivity index (χ2n) is 13.3. The van der Waals surface area contributed by atoms with E-state index in [2.05, 4.69) is 139 Å². The van der Waals surface area contributed by atoms with E-state index in [-0.39, 0.29) is 16.6 Å². The summed E-state index contributed by atoms with van der Waals surface area (Å²) in [7, 11) is -5.84. The summed E-state index contributed by atoms with van der Waals surface area (Å²) in [5.74, 6) is 0. The van der Waals surface area contributed by atoms with Crippen LogP contribution in [-0.2, 0) is 8.85 Å². The highest BCUT2D eigenvalue weighted by molar-refractivity contribution is 7.00. The molecule has 2 atom stereocenters. The second-order valence-corrected chi connectivity index (χ2v) is 21.8. The summed E-state index contributed by atoms with van der Waals surface area (Å²) in [6, 6.07) is 42.4. The molecule has 0 unspecified atom stereocenters. The zero-order valence-corrected chi connectivity index (χ0v) is 27.7. The monoisotopic (exact) mass is 593 g/mol. The van der Waals surface area contributed by atoms with Crippen LogP contribution >= 0.6 is 0 Å². The molecule has 0 saturated carbocycles. The molecular weight excluding hydrogens is 551 g/mol. The lowest BCUT2D eigenvalue weighted by Crippen LogP contribution is -2.71. The van der Waals surface area contributed by atoms with Crippen LogP contribution in [-0.4, -0.2) is 46.3 Å². The first-order valence-electron chi connectivity index (χ1n) is 14.9. The fourth-order valence-electron chi connectivity index (χ4n) is 6.63. The van der Waals surface area contributed by atoms with Gasteiger partial charge in [-0.05, 0) is 30.8 Å². The Hall–Kier alpha value is -3.30. The van der Waals surface area contributed by atoms with Crippen LogP contribution in [0.3, 0.4) is 0 Å². The third-order valence-corrected chi connectivity index (χ3v) is 18.6. The lowest BCUT2D eigenvalue weighted by molar-refractivity contribution is -0.451. The van der Waals surface area contributed by atoms with Gasteiger partial charge < -0.3 is 14.1 Å². The molecule has 4 nitrogen and oxygen atoms in total. The molecule has 218 valence electrons. The Labute approximate surface area is 253 Å². The van der Waals surface area contributed by atoms with E-state index in [1.165, 1.54) is 20.7 Å². The number of hydroxylamine groups is 1. The third-order valence-electron chi connectivity index (χ3n) is 8.51. The van der Waals surface area contributed by atoms with Crippen molar-refractivity contribution >= 4 is 43.6 Å². The molecule has 1 heterocycles. The van der Waals surface area contributed by atoms with Gasteiger partial charge in [-0.3, -0.25) is 0 Å². The fourth-order valence-corrected chi connectivity index (χ4v) is 15.9. The molecule has 0 N–H and O–H groups in total. The van der Waals surface area contributed by atoms with Gasteiger partial charge in [0.25, 0.3) is 16.6 Å². The van der Waals surface area contributed by atoms with Crippen molar-refractivity contribution in [1.82, 2.24) is 0 Å². The maximum Gasteiger partial charge on any atom is 0.262 e. The number of hydrogen-bond acceptors (Lipinski definition) is 3. The van der Waals surface area contributed by atoms with E-state index in [4.69, 9.17) is 8.85 Å². The molecule has 0 amide bonds. The van der Waals surface area contributed by atoms with Gasteiger partial charge in [-0.15, -0.1) is 0 Å². The van der Waals surface area contributed by atoms with Crippen molar-refractivity contribution in [3.63, 3.8) is 0 Å². The number of nitrogens with zero attached hydrogens (tertiary/aromatic N) is 1. The molecule has 0 radical (unpaired) electrons. The smallest absolute Gasteiger partial charge is 0.262 e. The molecule has 4 aromatic rings. The van der Waals surface area contributed by atoms with Crippen LogP contribution in [0, 0.1) is 5.21 Å². The summed E-state index contributed by atoms with van der Waals surface area (Å²) in [5.41, 5.74) is 0. The van der Waals surface area contributed by atoms with Crippen LogP contribution in [0.15, 0.2) is 121 Å². The maximum atomic E-state index is 13.2. The molecule has 1 aliphatic heterocycles. The van der Waals surface area contributed by atoms with Crippen molar-refractivity contribution in [2.45, 2.75) is 63.8 Å². The van der Waals surface area contributed by atoms with E-state index < -0.39 is 28.8 Å². The molecular formula is C36H43NO3Si2.